The number of aliphatic hydroxyl groups excluding tert-OH is 7. The molecule has 0 aromatic heterocycles. The summed E-state index contributed by atoms with van der Waals surface area (Å²) in [5, 5.41) is 68.4. The third-order valence-corrected chi connectivity index (χ3v) is 4.35. The van der Waals surface area contributed by atoms with Gasteiger partial charge in [-0.25, -0.2) is 0 Å². The lowest BCUT2D eigenvalue weighted by molar-refractivity contribution is -0.334. The maximum absolute atomic E-state index is 10.0. The maximum atomic E-state index is 10.0. The molecule has 154 valence electrons. The van der Waals surface area contributed by atoms with E-state index in [4.69, 9.17) is 24.1 Å². The molecule has 11 heteroatoms. The van der Waals surface area contributed by atoms with Crippen LogP contribution in [0.1, 0.15) is 13.8 Å². The summed E-state index contributed by atoms with van der Waals surface area (Å²) < 4.78 is 21.2. The molecular weight excluding hydrogens is 356 g/mol. The van der Waals surface area contributed by atoms with Gasteiger partial charge in [-0.15, -0.1) is 0 Å². The second kappa shape index (κ2) is 9.17. The van der Waals surface area contributed by atoms with E-state index in [0.717, 1.165) is 0 Å². The van der Waals surface area contributed by atoms with Crippen LogP contribution in [0.5, 0.6) is 0 Å². The second-order valence-corrected chi connectivity index (χ2v) is 6.73. The van der Waals surface area contributed by atoms with Gasteiger partial charge in [-0.05, 0) is 13.8 Å². The second-order valence-electron chi connectivity index (χ2n) is 6.73. The van der Waals surface area contributed by atoms with Gasteiger partial charge in [0.05, 0.1) is 19.3 Å². The molecule has 0 unspecified atom stereocenters. The Balaban J connectivity index is 1.98. The predicted octanol–water partition coefficient (Wildman–Crippen LogP) is -3.96. The topological polar surface area (TPSA) is 179 Å². The van der Waals surface area contributed by atoms with Crippen molar-refractivity contribution in [2.75, 3.05) is 13.2 Å². The van der Waals surface area contributed by atoms with Crippen LogP contribution in [0.4, 0.5) is 0 Å². The first kappa shape index (κ1) is 21.9. The smallest absolute Gasteiger partial charge is 0.186 e. The van der Waals surface area contributed by atoms with Crippen LogP contribution in [0.2, 0.25) is 0 Å². The van der Waals surface area contributed by atoms with Crippen molar-refractivity contribution in [1.82, 2.24) is 0 Å². The summed E-state index contributed by atoms with van der Waals surface area (Å²) in [6.45, 7) is 2.41. The predicted molar refractivity (Wildman–Crippen MR) is 82.6 cm³/mol. The van der Waals surface area contributed by atoms with Gasteiger partial charge in [0.1, 0.15) is 48.8 Å². The van der Waals surface area contributed by atoms with Gasteiger partial charge >= 0.3 is 0 Å². The van der Waals surface area contributed by atoms with Gasteiger partial charge in [0.25, 0.3) is 0 Å². The lowest BCUT2D eigenvalue weighted by Gasteiger charge is -2.43. The molecule has 10 atom stereocenters. The van der Waals surface area contributed by atoms with Crippen molar-refractivity contribution in [2.24, 2.45) is 0 Å². The van der Waals surface area contributed by atoms with E-state index in [2.05, 4.69) is 0 Å². The molecular formula is C15H28O11. The van der Waals surface area contributed by atoms with Crippen LogP contribution in [0, 0.1) is 0 Å². The molecule has 0 spiro atoms. The monoisotopic (exact) mass is 384 g/mol. The SMILES string of the molecule is CC(C)O[C@@H]1O[C@H](CO[C@@H]2O[C@H](CO)[C@@H](O)[C@H](O)[C@H]2O)[C@@H](O)[C@H](O)[C@H]1O. The van der Waals surface area contributed by atoms with Gasteiger partial charge in [0.15, 0.2) is 12.6 Å². The Labute approximate surface area is 150 Å². The van der Waals surface area contributed by atoms with Crippen LogP contribution in [0.3, 0.4) is 0 Å². The zero-order valence-electron chi connectivity index (χ0n) is 14.5. The Morgan fingerprint density at radius 1 is 0.731 bits per heavy atom. The fourth-order valence-electron chi connectivity index (χ4n) is 2.83. The fraction of sp³-hybridized carbons (Fsp3) is 1.00. The zero-order valence-corrected chi connectivity index (χ0v) is 14.5. The molecule has 0 aromatic rings. The van der Waals surface area contributed by atoms with E-state index in [1.165, 1.54) is 0 Å². The van der Waals surface area contributed by atoms with Gasteiger partial charge in [-0.2, -0.15) is 0 Å². The van der Waals surface area contributed by atoms with Gasteiger partial charge in [0.2, 0.25) is 0 Å². The quantitative estimate of drug-likeness (QED) is 0.237. The molecule has 26 heavy (non-hydrogen) atoms. The van der Waals surface area contributed by atoms with Crippen molar-refractivity contribution >= 4 is 0 Å². The largest absolute Gasteiger partial charge is 0.394 e. The summed E-state index contributed by atoms with van der Waals surface area (Å²) in [7, 11) is 0. The van der Waals surface area contributed by atoms with Crippen LogP contribution in [0.15, 0.2) is 0 Å². The third kappa shape index (κ3) is 4.69. The summed E-state index contributed by atoms with van der Waals surface area (Å²) >= 11 is 0. The van der Waals surface area contributed by atoms with Gasteiger partial charge in [-0.3, -0.25) is 0 Å². The molecule has 2 fully saturated rings. The van der Waals surface area contributed by atoms with E-state index in [-0.39, 0.29) is 12.7 Å². The highest BCUT2D eigenvalue weighted by Gasteiger charge is 2.47. The molecule has 2 rings (SSSR count). The van der Waals surface area contributed by atoms with E-state index in [1.54, 1.807) is 13.8 Å². The van der Waals surface area contributed by atoms with Crippen LogP contribution in [-0.4, -0.2) is 116 Å². The first-order valence-electron chi connectivity index (χ1n) is 8.44. The summed E-state index contributed by atoms with van der Waals surface area (Å²) in [6.07, 6.45) is -14.4. The number of rotatable bonds is 6. The van der Waals surface area contributed by atoms with Crippen molar-refractivity contribution < 1.29 is 54.7 Å². The van der Waals surface area contributed by atoms with Crippen molar-refractivity contribution in [3.63, 3.8) is 0 Å². The fourth-order valence-corrected chi connectivity index (χ4v) is 2.83. The molecule has 7 N–H and O–H groups in total. The van der Waals surface area contributed by atoms with E-state index >= 15 is 0 Å². The Morgan fingerprint density at radius 3 is 1.77 bits per heavy atom. The molecule has 0 amide bonds. The van der Waals surface area contributed by atoms with E-state index < -0.39 is 68.0 Å². The minimum absolute atomic E-state index is 0.316. The molecule has 0 saturated carbocycles. The Hall–Kier alpha value is -0.440. The first-order valence-corrected chi connectivity index (χ1v) is 8.44. The Morgan fingerprint density at radius 2 is 1.23 bits per heavy atom. The maximum Gasteiger partial charge on any atom is 0.186 e. The molecule has 0 radical (unpaired) electrons. The van der Waals surface area contributed by atoms with Crippen LogP contribution >= 0.6 is 0 Å². The molecule has 2 aliphatic heterocycles. The summed E-state index contributed by atoms with van der Waals surface area (Å²) in [5.74, 6) is 0. The highest BCUT2D eigenvalue weighted by Crippen LogP contribution is 2.26. The minimum Gasteiger partial charge on any atom is -0.394 e. The molecule has 2 saturated heterocycles. The molecule has 2 aliphatic rings. The van der Waals surface area contributed by atoms with Gasteiger partial charge in [-0.1, -0.05) is 0 Å². The van der Waals surface area contributed by atoms with E-state index in [1.807, 2.05) is 0 Å². The lowest BCUT2D eigenvalue weighted by atomic mass is 9.98. The normalized spacial score (nSPS) is 47.3. The summed E-state index contributed by atoms with van der Waals surface area (Å²) in [4.78, 5) is 0. The number of hydrogen-bond acceptors (Lipinski definition) is 11. The number of ether oxygens (including phenoxy) is 4. The van der Waals surface area contributed by atoms with Crippen LogP contribution < -0.4 is 0 Å². The average molecular weight is 384 g/mol. The van der Waals surface area contributed by atoms with Gasteiger partial charge < -0.3 is 54.7 Å². The first-order chi connectivity index (χ1) is 12.2. The molecule has 2 heterocycles. The molecule has 0 bridgehead atoms. The van der Waals surface area contributed by atoms with Crippen molar-refractivity contribution in [3.05, 3.63) is 0 Å². The molecule has 11 nitrogen and oxygen atoms in total. The van der Waals surface area contributed by atoms with Crippen molar-refractivity contribution in [2.45, 2.75) is 81.4 Å². The van der Waals surface area contributed by atoms with E-state index in [9.17, 15) is 30.6 Å². The summed E-state index contributed by atoms with van der Waals surface area (Å²) in [6, 6.07) is 0. The third-order valence-electron chi connectivity index (χ3n) is 4.35. The standard InChI is InChI=1S/C15H28O11/c1-5(2)24-15-13(22)11(20)9(18)7(26-15)4-23-14-12(21)10(19)8(17)6(3-16)25-14/h5-22H,3-4H2,1-2H3/t6-,7-,8-,9-,10+,11+,12-,13-,14-,15-/m1/s1. The Bertz CT molecular complexity index is 434. The number of hydrogen-bond donors (Lipinski definition) is 7. The Kier molecular flexibility index (Phi) is 7.71. The zero-order chi connectivity index (χ0) is 19.6. The van der Waals surface area contributed by atoms with Crippen LogP contribution in [-0.2, 0) is 18.9 Å². The highest BCUT2D eigenvalue weighted by atomic mass is 16.7. The average Bonchev–Trinajstić information content (AvgIpc) is 2.60. The van der Waals surface area contributed by atoms with Crippen LogP contribution in [0.25, 0.3) is 0 Å². The van der Waals surface area contributed by atoms with Crippen molar-refractivity contribution in [3.8, 4) is 0 Å². The minimum atomic E-state index is -1.60. The molecule has 0 aromatic carbocycles. The highest BCUT2D eigenvalue weighted by molar-refractivity contribution is 4.91. The summed E-state index contributed by atoms with van der Waals surface area (Å²) in [5.41, 5.74) is 0. The van der Waals surface area contributed by atoms with E-state index in [0.29, 0.717) is 0 Å². The van der Waals surface area contributed by atoms with Crippen molar-refractivity contribution in [1.29, 1.82) is 0 Å². The number of aliphatic hydroxyl groups is 7. The lowest BCUT2D eigenvalue weighted by Crippen LogP contribution is -2.61. The molecule has 0 aliphatic carbocycles. The van der Waals surface area contributed by atoms with Gasteiger partial charge in [0, 0.05) is 0 Å².